The molecule has 5 heteroatoms. The number of imide groups is 1. The molecule has 2 aliphatic heterocycles. The number of nitrogens with zero attached hydrogens (tertiary/aromatic N) is 1. The molecule has 2 rings (SSSR count). The van der Waals surface area contributed by atoms with Crippen LogP contribution in [0.25, 0.3) is 0 Å². The van der Waals surface area contributed by atoms with Crippen LogP contribution in [0.5, 0.6) is 0 Å². The number of hydrogen-bond acceptors (Lipinski definition) is 4. The third-order valence-electron chi connectivity index (χ3n) is 3.71. The highest BCUT2D eigenvalue weighted by atomic mass is 16.2. The Kier molecular flexibility index (Phi) is 4.12. The van der Waals surface area contributed by atoms with E-state index in [1.807, 2.05) is 0 Å². The quantitative estimate of drug-likeness (QED) is 0.673. The summed E-state index contributed by atoms with van der Waals surface area (Å²) in [4.78, 5) is 25.0. The van der Waals surface area contributed by atoms with E-state index in [0.717, 1.165) is 32.5 Å². The fourth-order valence-electron chi connectivity index (χ4n) is 2.55. The van der Waals surface area contributed by atoms with Gasteiger partial charge in [-0.2, -0.15) is 0 Å². The minimum absolute atomic E-state index is 0.145. The van der Waals surface area contributed by atoms with Gasteiger partial charge in [-0.05, 0) is 38.9 Å². The standard InChI is InChI=1S/C12H21N3O2/c1-2-15-7-5-9(6-8-15)13-10-3-4-11(16)14-12(10)17/h9-10,13H,2-8H2,1H3,(H,14,16,17). The predicted molar refractivity (Wildman–Crippen MR) is 64.4 cm³/mol. The lowest BCUT2D eigenvalue weighted by molar-refractivity contribution is -0.135. The minimum atomic E-state index is -0.175. The molecule has 2 heterocycles. The molecule has 2 fully saturated rings. The van der Waals surface area contributed by atoms with E-state index in [2.05, 4.69) is 22.5 Å². The predicted octanol–water partition coefficient (Wildman–Crippen LogP) is -0.134. The average molecular weight is 239 g/mol. The van der Waals surface area contributed by atoms with Gasteiger partial charge in [-0.3, -0.25) is 14.9 Å². The Morgan fingerprint density at radius 2 is 2.00 bits per heavy atom. The number of nitrogens with one attached hydrogen (secondary N) is 2. The first-order valence-corrected chi connectivity index (χ1v) is 6.51. The van der Waals surface area contributed by atoms with Gasteiger partial charge >= 0.3 is 0 Å². The number of likely N-dealkylation sites (tertiary alicyclic amines) is 1. The first kappa shape index (κ1) is 12.5. The van der Waals surface area contributed by atoms with Crippen molar-refractivity contribution in [3.05, 3.63) is 0 Å². The maximum Gasteiger partial charge on any atom is 0.243 e. The molecule has 2 amide bonds. The molecule has 96 valence electrons. The SMILES string of the molecule is CCN1CCC(NC2CCC(=O)NC2=O)CC1. The summed E-state index contributed by atoms with van der Waals surface area (Å²) in [7, 11) is 0. The van der Waals surface area contributed by atoms with E-state index in [9.17, 15) is 9.59 Å². The third-order valence-corrected chi connectivity index (χ3v) is 3.71. The summed E-state index contributed by atoms with van der Waals surface area (Å²) in [6, 6.07) is 0.243. The lowest BCUT2D eigenvalue weighted by Crippen LogP contribution is -2.55. The Bertz CT molecular complexity index is 298. The molecule has 1 unspecified atom stereocenters. The van der Waals surface area contributed by atoms with Crippen molar-refractivity contribution in [3.8, 4) is 0 Å². The summed E-state index contributed by atoms with van der Waals surface area (Å²) in [5.41, 5.74) is 0. The van der Waals surface area contributed by atoms with E-state index in [1.54, 1.807) is 0 Å². The van der Waals surface area contributed by atoms with Gasteiger partial charge in [0.25, 0.3) is 0 Å². The zero-order chi connectivity index (χ0) is 12.3. The highest BCUT2D eigenvalue weighted by Crippen LogP contribution is 2.13. The van der Waals surface area contributed by atoms with Crippen LogP contribution in [0.3, 0.4) is 0 Å². The van der Waals surface area contributed by atoms with Crippen LogP contribution in [0.1, 0.15) is 32.6 Å². The summed E-state index contributed by atoms with van der Waals surface area (Å²) in [5, 5.41) is 5.77. The van der Waals surface area contributed by atoms with Gasteiger partial charge in [-0.1, -0.05) is 6.92 Å². The Morgan fingerprint density at radius 3 is 2.59 bits per heavy atom. The van der Waals surface area contributed by atoms with E-state index in [1.165, 1.54) is 0 Å². The molecule has 0 aliphatic carbocycles. The van der Waals surface area contributed by atoms with Crippen molar-refractivity contribution in [2.75, 3.05) is 19.6 Å². The van der Waals surface area contributed by atoms with Crippen LogP contribution in [-0.2, 0) is 9.59 Å². The van der Waals surface area contributed by atoms with Crippen molar-refractivity contribution in [3.63, 3.8) is 0 Å². The van der Waals surface area contributed by atoms with Crippen LogP contribution in [0, 0.1) is 0 Å². The Hall–Kier alpha value is -0.940. The maximum atomic E-state index is 11.6. The Labute approximate surface area is 102 Å². The fourth-order valence-corrected chi connectivity index (χ4v) is 2.55. The van der Waals surface area contributed by atoms with Gasteiger partial charge in [0.15, 0.2) is 0 Å². The van der Waals surface area contributed by atoms with Crippen molar-refractivity contribution in [1.82, 2.24) is 15.5 Å². The lowest BCUT2D eigenvalue weighted by Gasteiger charge is -2.34. The van der Waals surface area contributed by atoms with E-state index >= 15 is 0 Å². The largest absolute Gasteiger partial charge is 0.303 e. The lowest BCUT2D eigenvalue weighted by atomic mass is 10.0. The molecular weight excluding hydrogens is 218 g/mol. The first-order chi connectivity index (χ1) is 8.19. The Morgan fingerprint density at radius 1 is 1.29 bits per heavy atom. The number of amides is 2. The van der Waals surface area contributed by atoms with Crippen LogP contribution in [0.4, 0.5) is 0 Å². The van der Waals surface area contributed by atoms with Gasteiger partial charge in [-0.25, -0.2) is 0 Å². The second kappa shape index (κ2) is 5.60. The molecule has 5 nitrogen and oxygen atoms in total. The van der Waals surface area contributed by atoms with E-state index < -0.39 is 0 Å². The molecule has 0 aromatic carbocycles. The number of carbonyl (C=O) groups is 2. The van der Waals surface area contributed by atoms with E-state index in [4.69, 9.17) is 0 Å². The summed E-state index contributed by atoms with van der Waals surface area (Å²) < 4.78 is 0. The van der Waals surface area contributed by atoms with E-state index in [-0.39, 0.29) is 17.9 Å². The molecular formula is C12H21N3O2. The number of hydrogen-bond donors (Lipinski definition) is 2. The Balaban J connectivity index is 1.78. The van der Waals surface area contributed by atoms with Crippen molar-refractivity contribution >= 4 is 11.8 Å². The van der Waals surface area contributed by atoms with Gasteiger partial charge in [0.1, 0.15) is 0 Å². The van der Waals surface area contributed by atoms with Gasteiger partial charge in [0.2, 0.25) is 11.8 Å². The minimum Gasteiger partial charge on any atom is -0.303 e. The maximum absolute atomic E-state index is 11.6. The number of piperidine rings is 2. The third kappa shape index (κ3) is 3.26. The number of rotatable bonds is 3. The second-order valence-corrected chi connectivity index (χ2v) is 4.88. The summed E-state index contributed by atoms with van der Waals surface area (Å²) in [6.45, 7) is 5.47. The van der Waals surface area contributed by atoms with Gasteiger partial charge in [0.05, 0.1) is 6.04 Å². The van der Waals surface area contributed by atoms with Crippen LogP contribution in [0.2, 0.25) is 0 Å². The van der Waals surface area contributed by atoms with E-state index in [0.29, 0.717) is 18.9 Å². The van der Waals surface area contributed by atoms with Crippen molar-refractivity contribution in [2.24, 2.45) is 0 Å². The summed E-state index contributed by atoms with van der Waals surface area (Å²) in [6.07, 6.45) is 3.27. The smallest absolute Gasteiger partial charge is 0.243 e. The molecule has 17 heavy (non-hydrogen) atoms. The zero-order valence-corrected chi connectivity index (χ0v) is 10.4. The highest BCUT2D eigenvalue weighted by Gasteiger charge is 2.29. The second-order valence-electron chi connectivity index (χ2n) is 4.88. The molecule has 0 aromatic rings. The molecule has 2 aliphatic rings. The molecule has 0 spiro atoms. The van der Waals surface area contributed by atoms with Crippen molar-refractivity contribution < 1.29 is 9.59 Å². The van der Waals surface area contributed by atoms with Crippen LogP contribution in [-0.4, -0.2) is 48.4 Å². The van der Waals surface area contributed by atoms with Crippen LogP contribution >= 0.6 is 0 Å². The van der Waals surface area contributed by atoms with Crippen LogP contribution < -0.4 is 10.6 Å². The first-order valence-electron chi connectivity index (χ1n) is 6.51. The summed E-state index contributed by atoms with van der Waals surface area (Å²) in [5.74, 6) is -0.298. The molecule has 2 N–H and O–H groups in total. The molecule has 0 bridgehead atoms. The fraction of sp³-hybridized carbons (Fsp3) is 0.833. The summed E-state index contributed by atoms with van der Waals surface area (Å²) >= 11 is 0. The molecule has 0 aromatic heterocycles. The average Bonchev–Trinajstić information content (AvgIpc) is 2.34. The van der Waals surface area contributed by atoms with Gasteiger partial charge in [0, 0.05) is 12.5 Å². The van der Waals surface area contributed by atoms with Crippen LogP contribution in [0.15, 0.2) is 0 Å². The van der Waals surface area contributed by atoms with Crippen molar-refractivity contribution in [1.29, 1.82) is 0 Å². The van der Waals surface area contributed by atoms with Crippen molar-refractivity contribution in [2.45, 2.75) is 44.7 Å². The van der Waals surface area contributed by atoms with Gasteiger partial charge in [-0.15, -0.1) is 0 Å². The monoisotopic (exact) mass is 239 g/mol. The topological polar surface area (TPSA) is 61.4 Å². The number of carbonyl (C=O) groups excluding carboxylic acids is 2. The molecule has 0 radical (unpaired) electrons. The normalized spacial score (nSPS) is 28.2. The molecule has 1 atom stereocenters. The molecule has 0 saturated carbocycles. The molecule has 2 saturated heterocycles. The highest BCUT2D eigenvalue weighted by molar-refractivity contribution is 6.00. The zero-order valence-electron chi connectivity index (χ0n) is 10.4. The van der Waals surface area contributed by atoms with Gasteiger partial charge < -0.3 is 10.2 Å².